The van der Waals surface area contributed by atoms with Crippen LogP contribution in [0.3, 0.4) is 0 Å². The van der Waals surface area contributed by atoms with Gasteiger partial charge in [-0.25, -0.2) is 0 Å². The Bertz CT molecular complexity index is 354. The summed E-state index contributed by atoms with van der Waals surface area (Å²) in [6.45, 7) is 2.90. The Hall–Kier alpha value is -1.02. The zero-order valence-corrected chi connectivity index (χ0v) is 12.1. The molecule has 1 unspecified atom stereocenters. The molecule has 106 valence electrons. The van der Waals surface area contributed by atoms with E-state index in [0.717, 1.165) is 31.1 Å². The van der Waals surface area contributed by atoms with E-state index in [1.54, 1.807) is 0 Å². The largest absolute Gasteiger partial charge is 0.494 e. The molecule has 1 saturated carbocycles. The Morgan fingerprint density at radius 2 is 1.89 bits per heavy atom. The number of rotatable bonds is 7. The van der Waals surface area contributed by atoms with Crippen LogP contribution in [0.1, 0.15) is 63.5 Å². The molecule has 2 heteroatoms. The van der Waals surface area contributed by atoms with Gasteiger partial charge in [-0.2, -0.15) is 0 Å². The first kappa shape index (κ1) is 14.4. The highest BCUT2D eigenvalue weighted by atomic mass is 16.5. The molecule has 1 aromatic carbocycles. The van der Waals surface area contributed by atoms with E-state index in [-0.39, 0.29) is 6.04 Å². The third-order valence-corrected chi connectivity index (χ3v) is 4.14. The van der Waals surface area contributed by atoms with Crippen LogP contribution in [-0.2, 0) is 0 Å². The number of hydrogen-bond donors (Lipinski definition) is 1. The second kappa shape index (κ2) is 7.54. The van der Waals surface area contributed by atoms with Gasteiger partial charge in [-0.15, -0.1) is 0 Å². The summed E-state index contributed by atoms with van der Waals surface area (Å²) >= 11 is 0. The van der Waals surface area contributed by atoms with Crippen LogP contribution in [0.5, 0.6) is 5.75 Å². The first-order valence-electron chi connectivity index (χ1n) is 7.78. The van der Waals surface area contributed by atoms with E-state index in [0.29, 0.717) is 0 Å². The molecule has 2 N–H and O–H groups in total. The normalized spacial score (nSPS) is 17.6. The minimum Gasteiger partial charge on any atom is -0.494 e. The van der Waals surface area contributed by atoms with Crippen LogP contribution in [0, 0.1) is 5.92 Å². The molecule has 0 heterocycles. The van der Waals surface area contributed by atoms with Crippen molar-refractivity contribution in [1.82, 2.24) is 0 Å². The maximum absolute atomic E-state index is 6.28. The Labute approximate surface area is 117 Å². The van der Waals surface area contributed by atoms with E-state index in [9.17, 15) is 0 Å². The summed E-state index contributed by atoms with van der Waals surface area (Å²) in [6, 6.07) is 8.50. The second-order valence-electron chi connectivity index (χ2n) is 5.75. The summed E-state index contributed by atoms with van der Waals surface area (Å²) in [5, 5.41) is 0. The Balaban J connectivity index is 1.79. The molecule has 0 spiro atoms. The van der Waals surface area contributed by atoms with Gasteiger partial charge in [0.15, 0.2) is 0 Å². The molecule has 2 nitrogen and oxygen atoms in total. The minimum atomic E-state index is 0.181. The molecular weight excluding hydrogens is 234 g/mol. The van der Waals surface area contributed by atoms with Gasteiger partial charge < -0.3 is 10.5 Å². The van der Waals surface area contributed by atoms with Crippen molar-refractivity contribution < 1.29 is 4.74 Å². The maximum Gasteiger partial charge on any atom is 0.119 e. The van der Waals surface area contributed by atoms with Gasteiger partial charge in [0.1, 0.15) is 5.75 Å². The van der Waals surface area contributed by atoms with E-state index in [1.807, 2.05) is 12.1 Å². The molecule has 19 heavy (non-hydrogen) atoms. The number of ether oxygens (including phenoxy) is 1. The van der Waals surface area contributed by atoms with E-state index < -0.39 is 0 Å². The molecule has 0 amide bonds. The van der Waals surface area contributed by atoms with Crippen molar-refractivity contribution in [2.45, 2.75) is 57.9 Å². The summed E-state index contributed by atoms with van der Waals surface area (Å²) in [6.07, 6.45) is 9.11. The number of hydrogen-bond acceptors (Lipinski definition) is 2. The molecule has 0 radical (unpaired) electrons. The predicted octanol–water partition coefficient (Wildman–Crippen LogP) is 4.45. The van der Waals surface area contributed by atoms with E-state index in [2.05, 4.69) is 19.1 Å². The minimum absolute atomic E-state index is 0.181. The van der Waals surface area contributed by atoms with Gasteiger partial charge in [0.25, 0.3) is 0 Å². The average Bonchev–Trinajstić information content (AvgIpc) is 2.96. The summed E-state index contributed by atoms with van der Waals surface area (Å²) in [4.78, 5) is 0. The molecule has 1 aromatic rings. The van der Waals surface area contributed by atoms with Crippen molar-refractivity contribution in [3.8, 4) is 5.75 Å². The highest BCUT2D eigenvalue weighted by molar-refractivity contribution is 5.29. The lowest BCUT2D eigenvalue weighted by Crippen LogP contribution is -2.11. The Morgan fingerprint density at radius 1 is 1.21 bits per heavy atom. The fraction of sp³-hybridized carbons (Fsp3) is 0.647. The van der Waals surface area contributed by atoms with Crippen LogP contribution in [0.2, 0.25) is 0 Å². The molecule has 0 aromatic heterocycles. The first-order valence-corrected chi connectivity index (χ1v) is 7.78. The molecular formula is C17H27NO. The van der Waals surface area contributed by atoms with E-state index in [1.165, 1.54) is 37.7 Å². The summed E-state index contributed by atoms with van der Waals surface area (Å²) in [5.74, 6) is 1.88. The Kier molecular flexibility index (Phi) is 5.71. The van der Waals surface area contributed by atoms with Gasteiger partial charge in [0.05, 0.1) is 6.61 Å². The van der Waals surface area contributed by atoms with Crippen LogP contribution in [-0.4, -0.2) is 6.61 Å². The molecule has 1 aliphatic carbocycles. The predicted molar refractivity (Wildman–Crippen MR) is 80.3 cm³/mol. The van der Waals surface area contributed by atoms with Crippen molar-refractivity contribution in [3.05, 3.63) is 29.8 Å². The van der Waals surface area contributed by atoms with Crippen molar-refractivity contribution in [2.24, 2.45) is 11.7 Å². The SMILES string of the molecule is CCCOc1ccc(C(N)CCC2CCCC2)cc1. The van der Waals surface area contributed by atoms with E-state index in [4.69, 9.17) is 10.5 Å². The smallest absolute Gasteiger partial charge is 0.119 e. The molecule has 2 rings (SSSR count). The molecule has 0 aliphatic heterocycles. The lowest BCUT2D eigenvalue weighted by molar-refractivity contribution is 0.317. The monoisotopic (exact) mass is 261 g/mol. The van der Waals surface area contributed by atoms with Crippen LogP contribution < -0.4 is 10.5 Å². The third-order valence-electron chi connectivity index (χ3n) is 4.14. The van der Waals surface area contributed by atoms with Gasteiger partial charge in [-0.1, -0.05) is 44.7 Å². The van der Waals surface area contributed by atoms with Gasteiger partial charge in [-0.05, 0) is 42.9 Å². The standard InChI is InChI=1S/C17H27NO/c1-2-13-19-16-10-8-15(9-11-16)17(18)12-7-14-5-3-4-6-14/h8-11,14,17H,2-7,12-13,18H2,1H3. The van der Waals surface area contributed by atoms with Crippen LogP contribution in [0.4, 0.5) is 0 Å². The van der Waals surface area contributed by atoms with E-state index >= 15 is 0 Å². The maximum atomic E-state index is 6.28. The van der Waals surface area contributed by atoms with Gasteiger partial charge in [0, 0.05) is 6.04 Å². The average molecular weight is 261 g/mol. The highest BCUT2D eigenvalue weighted by Gasteiger charge is 2.16. The number of benzene rings is 1. The van der Waals surface area contributed by atoms with Crippen molar-refractivity contribution in [3.63, 3.8) is 0 Å². The van der Waals surface area contributed by atoms with Crippen molar-refractivity contribution in [2.75, 3.05) is 6.61 Å². The van der Waals surface area contributed by atoms with Gasteiger partial charge >= 0.3 is 0 Å². The lowest BCUT2D eigenvalue weighted by Gasteiger charge is -2.15. The van der Waals surface area contributed by atoms with Crippen LogP contribution in [0.15, 0.2) is 24.3 Å². The summed E-state index contributed by atoms with van der Waals surface area (Å²) in [7, 11) is 0. The molecule has 1 aliphatic rings. The number of nitrogens with two attached hydrogens (primary N) is 1. The molecule has 0 bridgehead atoms. The lowest BCUT2D eigenvalue weighted by atomic mass is 9.95. The Morgan fingerprint density at radius 3 is 2.53 bits per heavy atom. The molecule has 0 saturated heterocycles. The molecule has 1 atom stereocenters. The second-order valence-corrected chi connectivity index (χ2v) is 5.75. The molecule has 1 fully saturated rings. The fourth-order valence-electron chi connectivity index (χ4n) is 2.91. The summed E-state index contributed by atoms with van der Waals surface area (Å²) < 4.78 is 5.59. The third kappa shape index (κ3) is 4.54. The van der Waals surface area contributed by atoms with Gasteiger partial charge in [0.2, 0.25) is 0 Å². The highest BCUT2D eigenvalue weighted by Crippen LogP contribution is 2.31. The fourth-order valence-corrected chi connectivity index (χ4v) is 2.91. The first-order chi connectivity index (χ1) is 9.29. The van der Waals surface area contributed by atoms with Gasteiger partial charge in [-0.3, -0.25) is 0 Å². The zero-order valence-electron chi connectivity index (χ0n) is 12.1. The van der Waals surface area contributed by atoms with Crippen molar-refractivity contribution >= 4 is 0 Å². The topological polar surface area (TPSA) is 35.2 Å². The van der Waals surface area contributed by atoms with Crippen LogP contribution >= 0.6 is 0 Å². The quantitative estimate of drug-likeness (QED) is 0.787. The van der Waals surface area contributed by atoms with Crippen LogP contribution in [0.25, 0.3) is 0 Å². The van der Waals surface area contributed by atoms with Crippen molar-refractivity contribution in [1.29, 1.82) is 0 Å². The zero-order chi connectivity index (χ0) is 13.5. The summed E-state index contributed by atoms with van der Waals surface area (Å²) in [5.41, 5.74) is 7.52.